The van der Waals surface area contributed by atoms with Gasteiger partial charge in [-0.3, -0.25) is 14.5 Å². The van der Waals surface area contributed by atoms with Crippen LogP contribution in [-0.4, -0.2) is 43.4 Å². The Bertz CT molecular complexity index is 681. The molecule has 1 N–H and O–H groups in total. The third-order valence-corrected chi connectivity index (χ3v) is 5.38. The highest BCUT2D eigenvalue weighted by molar-refractivity contribution is 5.93. The second-order valence-corrected chi connectivity index (χ2v) is 7.38. The highest BCUT2D eigenvalue weighted by Gasteiger charge is 2.34. The molecule has 3 rings (SSSR count). The molecule has 1 aromatic carbocycles. The lowest BCUT2D eigenvalue weighted by atomic mass is 9.83. The van der Waals surface area contributed by atoms with Crippen LogP contribution in [-0.2, 0) is 9.59 Å². The second kappa shape index (κ2) is 7.40. The highest BCUT2D eigenvalue weighted by atomic mass is 16.2. The van der Waals surface area contributed by atoms with Crippen molar-refractivity contribution in [2.45, 2.75) is 26.7 Å². The lowest BCUT2D eigenvalue weighted by molar-refractivity contribution is -0.117. The van der Waals surface area contributed by atoms with Gasteiger partial charge in [0.2, 0.25) is 11.8 Å². The van der Waals surface area contributed by atoms with Crippen molar-refractivity contribution in [2.75, 3.05) is 36.9 Å². The Morgan fingerprint density at radius 3 is 2.56 bits per heavy atom. The third kappa shape index (κ3) is 4.28. The SMILES string of the molecule is CC(=O)N(C)c1ccc(NC(=O)CN2C[C@H]3CC=C(C)C[C@H]3C2)cc1. The Hall–Kier alpha value is -2.14. The van der Waals surface area contributed by atoms with E-state index in [2.05, 4.69) is 23.2 Å². The van der Waals surface area contributed by atoms with Crippen LogP contribution in [0.5, 0.6) is 0 Å². The van der Waals surface area contributed by atoms with Gasteiger partial charge in [0.25, 0.3) is 0 Å². The molecule has 2 atom stereocenters. The van der Waals surface area contributed by atoms with Gasteiger partial charge < -0.3 is 10.2 Å². The van der Waals surface area contributed by atoms with Gasteiger partial charge in [-0.2, -0.15) is 0 Å². The molecule has 134 valence electrons. The summed E-state index contributed by atoms with van der Waals surface area (Å²) < 4.78 is 0. The van der Waals surface area contributed by atoms with Gasteiger partial charge in [-0.15, -0.1) is 0 Å². The Balaban J connectivity index is 1.51. The number of allylic oxidation sites excluding steroid dienone is 2. The largest absolute Gasteiger partial charge is 0.325 e. The van der Waals surface area contributed by atoms with Crippen LogP contribution in [0.15, 0.2) is 35.9 Å². The van der Waals surface area contributed by atoms with Gasteiger partial charge in [0, 0.05) is 38.4 Å². The number of nitrogens with zero attached hydrogens (tertiary/aromatic N) is 2. The summed E-state index contributed by atoms with van der Waals surface area (Å²) in [5, 5.41) is 2.96. The van der Waals surface area contributed by atoms with Crippen LogP contribution >= 0.6 is 0 Å². The predicted molar refractivity (Wildman–Crippen MR) is 101 cm³/mol. The summed E-state index contributed by atoms with van der Waals surface area (Å²) in [6.45, 7) is 6.22. The molecule has 5 nitrogen and oxygen atoms in total. The number of likely N-dealkylation sites (tertiary alicyclic amines) is 1. The Kier molecular flexibility index (Phi) is 5.23. The number of hydrogen-bond donors (Lipinski definition) is 1. The highest BCUT2D eigenvalue weighted by Crippen LogP contribution is 2.35. The first-order valence-corrected chi connectivity index (χ1v) is 8.94. The smallest absolute Gasteiger partial charge is 0.238 e. The average molecular weight is 341 g/mol. The van der Waals surface area contributed by atoms with Gasteiger partial charge in [0.15, 0.2) is 0 Å². The van der Waals surface area contributed by atoms with Crippen LogP contribution in [0.3, 0.4) is 0 Å². The van der Waals surface area contributed by atoms with E-state index in [1.165, 1.54) is 18.9 Å². The molecule has 1 heterocycles. The van der Waals surface area contributed by atoms with E-state index >= 15 is 0 Å². The molecule has 1 aliphatic carbocycles. The summed E-state index contributed by atoms with van der Waals surface area (Å²) in [5.41, 5.74) is 3.07. The van der Waals surface area contributed by atoms with E-state index in [-0.39, 0.29) is 11.8 Å². The fourth-order valence-electron chi connectivity index (χ4n) is 3.87. The van der Waals surface area contributed by atoms with Gasteiger partial charge in [-0.25, -0.2) is 0 Å². The fraction of sp³-hybridized carbons (Fsp3) is 0.500. The first-order valence-electron chi connectivity index (χ1n) is 8.94. The van der Waals surface area contributed by atoms with Gasteiger partial charge >= 0.3 is 0 Å². The molecule has 0 aromatic heterocycles. The topological polar surface area (TPSA) is 52.7 Å². The second-order valence-electron chi connectivity index (χ2n) is 7.38. The number of hydrogen-bond acceptors (Lipinski definition) is 3. The van der Waals surface area contributed by atoms with Crippen LogP contribution in [0, 0.1) is 11.8 Å². The average Bonchev–Trinajstić information content (AvgIpc) is 2.95. The number of amides is 2. The number of fused-ring (bicyclic) bond motifs is 1. The number of nitrogens with one attached hydrogen (secondary N) is 1. The normalized spacial score (nSPS) is 22.9. The van der Waals surface area contributed by atoms with Crippen LogP contribution in [0.1, 0.15) is 26.7 Å². The van der Waals surface area contributed by atoms with Crippen LogP contribution in [0.25, 0.3) is 0 Å². The molecule has 2 aliphatic rings. The van der Waals surface area contributed by atoms with Gasteiger partial charge in [0.05, 0.1) is 6.54 Å². The van der Waals surface area contributed by atoms with E-state index in [1.54, 1.807) is 11.9 Å². The van der Waals surface area contributed by atoms with Crippen molar-refractivity contribution >= 4 is 23.2 Å². The molecule has 1 fully saturated rings. The van der Waals surface area contributed by atoms with Gasteiger partial charge in [0.1, 0.15) is 0 Å². The van der Waals surface area contributed by atoms with Crippen molar-refractivity contribution in [3.63, 3.8) is 0 Å². The van der Waals surface area contributed by atoms with Gasteiger partial charge in [-0.05, 0) is 55.9 Å². The maximum atomic E-state index is 12.3. The minimum absolute atomic E-state index is 0.0167. The molecular formula is C20H27N3O2. The molecule has 0 spiro atoms. The zero-order chi connectivity index (χ0) is 18.0. The zero-order valence-corrected chi connectivity index (χ0v) is 15.3. The number of benzene rings is 1. The zero-order valence-electron chi connectivity index (χ0n) is 15.3. The minimum atomic E-state index is -0.0167. The molecule has 2 amide bonds. The van der Waals surface area contributed by atoms with Crippen molar-refractivity contribution in [1.82, 2.24) is 4.90 Å². The van der Waals surface area contributed by atoms with Crippen molar-refractivity contribution in [2.24, 2.45) is 11.8 Å². The van der Waals surface area contributed by atoms with E-state index in [4.69, 9.17) is 0 Å². The molecule has 0 bridgehead atoms. The van der Waals surface area contributed by atoms with E-state index in [1.807, 2.05) is 24.3 Å². The Labute approximate surface area is 149 Å². The maximum Gasteiger partial charge on any atom is 0.238 e. The molecule has 25 heavy (non-hydrogen) atoms. The first-order chi connectivity index (χ1) is 11.9. The molecular weight excluding hydrogens is 314 g/mol. The lowest BCUT2D eigenvalue weighted by Gasteiger charge is -2.22. The van der Waals surface area contributed by atoms with Crippen molar-refractivity contribution < 1.29 is 9.59 Å². The molecule has 0 unspecified atom stereocenters. The summed E-state index contributed by atoms with van der Waals surface area (Å²) in [6, 6.07) is 7.36. The summed E-state index contributed by atoms with van der Waals surface area (Å²) in [7, 11) is 1.74. The van der Waals surface area contributed by atoms with Crippen LogP contribution in [0.2, 0.25) is 0 Å². The van der Waals surface area contributed by atoms with Crippen molar-refractivity contribution in [3.05, 3.63) is 35.9 Å². The van der Waals surface area contributed by atoms with E-state index in [0.717, 1.165) is 30.9 Å². The number of carbonyl (C=O) groups is 2. The number of rotatable bonds is 4. The lowest BCUT2D eigenvalue weighted by Crippen LogP contribution is -2.31. The first kappa shape index (κ1) is 17.7. The molecule has 1 saturated heterocycles. The summed E-state index contributed by atoms with van der Waals surface area (Å²) in [6.07, 6.45) is 4.68. The van der Waals surface area contributed by atoms with E-state index < -0.39 is 0 Å². The Morgan fingerprint density at radius 2 is 1.88 bits per heavy atom. The monoisotopic (exact) mass is 341 g/mol. The quantitative estimate of drug-likeness (QED) is 0.857. The van der Waals surface area contributed by atoms with E-state index in [0.29, 0.717) is 18.4 Å². The molecule has 0 saturated carbocycles. The summed E-state index contributed by atoms with van der Waals surface area (Å²) in [4.78, 5) is 27.6. The molecule has 5 heteroatoms. The molecule has 1 aromatic rings. The summed E-state index contributed by atoms with van der Waals surface area (Å²) in [5.74, 6) is 1.42. The van der Waals surface area contributed by atoms with E-state index in [9.17, 15) is 9.59 Å². The van der Waals surface area contributed by atoms with Crippen LogP contribution < -0.4 is 10.2 Å². The number of carbonyl (C=O) groups excluding carboxylic acids is 2. The van der Waals surface area contributed by atoms with Crippen LogP contribution in [0.4, 0.5) is 11.4 Å². The van der Waals surface area contributed by atoms with Crippen molar-refractivity contribution in [1.29, 1.82) is 0 Å². The molecule has 0 radical (unpaired) electrons. The standard InChI is InChI=1S/C20H27N3O2/c1-14-4-5-16-11-23(12-17(16)10-14)13-20(25)21-18-6-8-19(9-7-18)22(3)15(2)24/h4,6-9,16-17H,5,10-13H2,1-3H3,(H,21,25)/t16-,17+/m1/s1. The minimum Gasteiger partial charge on any atom is -0.325 e. The maximum absolute atomic E-state index is 12.3. The summed E-state index contributed by atoms with van der Waals surface area (Å²) >= 11 is 0. The predicted octanol–water partition coefficient (Wildman–Crippen LogP) is 2.90. The fourth-order valence-corrected chi connectivity index (χ4v) is 3.87. The Morgan fingerprint density at radius 1 is 1.20 bits per heavy atom. The number of anilines is 2. The van der Waals surface area contributed by atoms with Crippen molar-refractivity contribution in [3.8, 4) is 0 Å². The molecule has 1 aliphatic heterocycles. The third-order valence-electron chi connectivity index (χ3n) is 5.38. The van der Waals surface area contributed by atoms with Gasteiger partial charge in [-0.1, -0.05) is 11.6 Å².